The summed E-state index contributed by atoms with van der Waals surface area (Å²) in [5.74, 6) is 0. The highest BCUT2D eigenvalue weighted by Gasteiger charge is 2.13. The quantitative estimate of drug-likeness (QED) is 0.642. The van der Waals surface area contributed by atoms with E-state index in [4.69, 9.17) is 10.00 Å². The van der Waals surface area contributed by atoms with E-state index in [9.17, 15) is 14.9 Å². The number of carbonyl (C=O) groups is 1. The zero-order chi connectivity index (χ0) is 18.1. The highest BCUT2D eigenvalue weighted by Crippen LogP contribution is 2.20. The number of nitro groups is 1. The van der Waals surface area contributed by atoms with Gasteiger partial charge < -0.3 is 10.1 Å². The van der Waals surface area contributed by atoms with Gasteiger partial charge in [-0.1, -0.05) is 48.6 Å². The summed E-state index contributed by atoms with van der Waals surface area (Å²) in [5, 5.41) is 22.3. The first-order valence-electron chi connectivity index (χ1n) is 7.40. The van der Waals surface area contributed by atoms with Crippen LogP contribution in [0.4, 0.5) is 10.5 Å². The third kappa shape index (κ3) is 5.48. The summed E-state index contributed by atoms with van der Waals surface area (Å²) >= 11 is 0. The van der Waals surface area contributed by atoms with E-state index in [0.717, 1.165) is 5.56 Å². The molecule has 0 bridgehead atoms. The van der Waals surface area contributed by atoms with Gasteiger partial charge in [-0.2, -0.15) is 5.26 Å². The number of rotatable bonds is 6. The van der Waals surface area contributed by atoms with Gasteiger partial charge in [-0.15, -0.1) is 0 Å². The van der Waals surface area contributed by atoms with Crippen LogP contribution >= 0.6 is 0 Å². The minimum absolute atomic E-state index is 0.00441. The Kier molecular flexibility index (Phi) is 6.25. The van der Waals surface area contributed by atoms with Crippen molar-refractivity contribution in [3.05, 3.63) is 81.4 Å². The summed E-state index contributed by atoms with van der Waals surface area (Å²) < 4.78 is 5.05. The van der Waals surface area contributed by atoms with Crippen molar-refractivity contribution < 1.29 is 14.5 Å². The van der Waals surface area contributed by atoms with Gasteiger partial charge >= 0.3 is 6.09 Å². The maximum Gasteiger partial charge on any atom is 0.407 e. The lowest BCUT2D eigenvalue weighted by molar-refractivity contribution is -0.385. The second kappa shape index (κ2) is 8.84. The van der Waals surface area contributed by atoms with Crippen LogP contribution in [-0.2, 0) is 11.3 Å². The third-order valence-electron chi connectivity index (χ3n) is 3.23. The number of benzene rings is 2. The van der Waals surface area contributed by atoms with Gasteiger partial charge in [0.15, 0.2) is 0 Å². The number of amides is 1. The molecule has 0 radical (unpaired) electrons. The lowest BCUT2D eigenvalue weighted by atomic mass is 10.1. The average Bonchev–Trinajstić information content (AvgIpc) is 2.64. The van der Waals surface area contributed by atoms with E-state index in [-0.39, 0.29) is 24.4 Å². The normalized spacial score (nSPS) is 10.2. The molecule has 2 rings (SSSR count). The molecule has 0 aliphatic carbocycles. The molecule has 0 saturated heterocycles. The Morgan fingerprint density at radius 1 is 1.28 bits per heavy atom. The predicted molar refractivity (Wildman–Crippen MR) is 91.5 cm³/mol. The molecule has 2 aromatic rings. The van der Waals surface area contributed by atoms with E-state index < -0.39 is 11.0 Å². The maximum absolute atomic E-state index is 11.6. The molecular formula is C18H15N3O4. The van der Waals surface area contributed by atoms with Crippen LogP contribution in [0.3, 0.4) is 0 Å². The standard InChI is InChI=1S/C18H15N3O4/c19-12-16-9-8-14(11-17(16)21(23)24)7-4-10-20-18(22)25-13-15-5-2-1-3-6-15/h1-9,11H,10,13H2,(H,20,22). The Hall–Kier alpha value is -3.66. The molecule has 126 valence electrons. The SMILES string of the molecule is N#Cc1ccc(C=CCNC(=O)OCc2ccccc2)cc1[N+](=O)[O-]. The Labute approximate surface area is 144 Å². The second-order valence-electron chi connectivity index (χ2n) is 4.99. The van der Waals surface area contributed by atoms with Gasteiger partial charge in [0.2, 0.25) is 0 Å². The summed E-state index contributed by atoms with van der Waals surface area (Å²) in [6.45, 7) is 0.389. The van der Waals surface area contributed by atoms with Crippen LogP contribution < -0.4 is 5.32 Å². The first-order valence-corrected chi connectivity index (χ1v) is 7.40. The van der Waals surface area contributed by atoms with E-state index in [0.29, 0.717) is 5.56 Å². The molecule has 7 nitrogen and oxygen atoms in total. The molecule has 0 aliphatic rings. The first kappa shape index (κ1) is 17.7. The van der Waals surface area contributed by atoms with Gasteiger partial charge in [0.05, 0.1) is 4.92 Å². The Bertz CT molecular complexity index is 826. The van der Waals surface area contributed by atoms with Crippen LogP contribution in [0.15, 0.2) is 54.6 Å². The van der Waals surface area contributed by atoms with Crippen LogP contribution in [0, 0.1) is 21.4 Å². The minimum Gasteiger partial charge on any atom is -0.445 e. The largest absolute Gasteiger partial charge is 0.445 e. The number of hydrogen-bond acceptors (Lipinski definition) is 5. The Balaban J connectivity index is 1.83. The number of ether oxygens (including phenoxy) is 1. The average molecular weight is 337 g/mol. The van der Waals surface area contributed by atoms with Crippen LogP contribution in [-0.4, -0.2) is 17.6 Å². The van der Waals surface area contributed by atoms with Crippen molar-refractivity contribution in [3.8, 4) is 6.07 Å². The Morgan fingerprint density at radius 3 is 2.72 bits per heavy atom. The fourth-order valence-corrected chi connectivity index (χ4v) is 2.01. The minimum atomic E-state index is -0.602. The van der Waals surface area contributed by atoms with Crippen molar-refractivity contribution in [1.29, 1.82) is 5.26 Å². The molecule has 0 spiro atoms. The van der Waals surface area contributed by atoms with E-state index in [1.807, 2.05) is 30.3 Å². The molecule has 1 amide bonds. The molecule has 0 atom stereocenters. The van der Waals surface area contributed by atoms with Gasteiger partial charge in [-0.3, -0.25) is 10.1 Å². The summed E-state index contributed by atoms with van der Waals surface area (Å²) in [6, 6.07) is 15.4. The summed E-state index contributed by atoms with van der Waals surface area (Å²) in [5.41, 5.74) is 1.20. The van der Waals surface area contributed by atoms with E-state index in [1.165, 1.54) is 12.1 Å². The molecule has 7 heteroatoms. The molecule has 0 heterocycles. The molecule has 2 aromatic carbocycles. The van der Waals surface area contributed by atoms with Crippen LogP contribution in [0.1, 0.15) is 16.7 Å². The third-order valence-corrected chi connectivity index (χ3v) is 3.23. The molecule has 1 N–H and O–H groups in total. The number of nitrogens with zero attached hydrogens (tertiary/aromatic N) is 2. The lowest BCUT2D eigenvalue weighted by Crippen LogP contribution is -2.24. The van der Waals surface area contributed by atoms with Crippen LogP contribution in [0.25, 0.3) is 6.08 Å². The van der Waals surface area contributed by atoms with Gasteiger partial charge in [0.1, 0.15) is 18.2 Å². The fourth-order valence-electron chi connectivity index (χ4n) is 2.01. The predicted octanol–water partition coefficient (Wildman–Crippen LogP) is 3.41. The molecular weight excluding hydrogens is 322 g/mol. The smallest absolute Gasteiger partial charge is 0.407 e. The highest BCUT2D eigenvalue weighted by atomic mass is 16.6. The molecule has 0 saturated carbocycles. The number of hydrogen-bond donors (Lipinski definition) is 1. The van der Waals surface area contributed by atoms with Gasteiger partial charge in [0.25, 0.3) is 5.69 Å². The number of nitriles is 1. The monoisotopic (exact) mass is 337 g/mol. The Morgan fingerprint density at radius 2 is 2.04 bits per heavy atom. The molecule has 0 aromatic heterocycles. The van der Waals surface area contributed by atoms with Crippen molar-refractivity contribution >= 4 is 17.9 Å². The van der Waals surface area contributed by atoms with Crippen molar-refractivity contribution in [2.75, 3.05) is 6.54 Å². The second-order valence-corrected chi connectivity index (χ2v) is 4.99. The van der Waals surface area contributed by atoms with Crippen molar-refractivity contribution in [1.82, 2.24) is 5.32 Å². The number of alkyl carbamates (subject to hydrolysis) is 1. The highest BCUT2D eigenvalue weighted by molar-refractivity contribution is 5.67. The number of nitrogens with one attached hydrogen (secondary N) is 1. The maximum atomic E-state index is 11.6. The van der Waals surface area contributed by atoms with Gasteiger partial charge in [0, 0.05) is 12.6 Å². The van der Waals surface area contributed by atoms with Crippen molar-refractivity contribution in [3.63, 3.8) is 0 Å². The molecule has 0 fully saturated rings. The van der Waals surface area contributed by atoms with E-state index >= 15 is 0 Å². The number of nitro benzene ring substituents is 1. The van der Waals surface area contributed by atoms with Crippen molar-refractivity contribution in [2.45, 2.75) is 6.61 Å². The van der Waals surface area contributed by atoms with Gasteiger partial charge in [-0.05, 0) is 17.2 Å². The lowest BCUT2D eigenvalue weighted by Gasteiger charge is -2.05. The summed E-state index contributed by atoms with van der Waals surface area (Å²) in [6.07, 6.45) is 2.69. The van der Waals surface area contributed by atoms with Crippen LogP contribution in [0.5, 0.6) is 0 Å². The fraction of sp³-hybridized carbons (Fsp3) is 0.111. The van der Waals surface area contributed by atoms with Crippen molar-refractivity contribution in [2.24, 2.45) is 0 Å². The topological polar surface area (TPSA) is 105 Å². The summed E-state index contributed by atoms with van der Waals surface area (Å²) in [7, 11) is 0. The molecule has 0 aliphatic heterocycles. The summed E-state index contributed by atoms with van der Waals surface area (Å²) in [4.78, 5) is 21.9. The van der Waals surface area contributed by atoms with E-state index in [2.05, 4.69) is 5.32 Å². The van der Waals surface area contributed by atoms with E-state index in [1.54, 1.807) is 24.3 Å². The first-order chi connectivity index (χ1) is 12.1. The molecule has 25 heavy (non-hydrogen) atoms. The van der Waals surface area contributed by atoms with Crippen LogP contribution in [0.2, 0.25) is 0 Å². The number of carbonyl (C=O) groups excluding carboxylic acids is 1. The molecule has 0 unspecified atom stereocenters. The zero-order valence-electron chi connectivity index (χ0n) is 13.2. The van der Waals surface area contributed by atoms with Gasteiger partial charge in [-0.25, -0.2) is 4.79 Å². The zero-order valence-corrected chi connectivity index (χ0v) is 13.2.